The average Bonchev–Trinajstić information content (AvgIpc) is 2.41. The Bertz CT molecular complexity index is 649. The Hall–Kier alpha value is -2.37. The molecule has 0 aliphatic carbocycles. The molecule has 110 valence electrons. The van der Waals surface area contributed by atoms with Crippen LogP contribution in [0.5, 0.6) is 0 Å². The van der Waals surface area contributed by atoms with Crippen LogP contribution in [-0.2, 0) is 6.18 Å². The van der Waals surface area contributed by atoms with Crippen LogP contribution >= 0.6 is 0 Å². The van der Waals surface area contributed by atoms with E-state index in [0.29, 0.717) is 5.69 Å². The summed E-state index contributed by atoms with van der Waals surface area (Å²) in [7, 11) is 0. The first-order chi connectivity index (χ1) is 9.89. The molecule has 0 aliphatic rings. The van der Waals surface area contributed by atoms with E-state index in [4.69, 9.17) is 0 Å². The van der Waals surface area contributed by atoms with E-state index in [1.165, 1.54) is 19.1 Å². The van der Waals surface area contributed by atoms with Crippen molar-refractivity contribution in [1.29, 1.82) is 0 Å². The number of benzene rings is 2. The summed E-state index contributed by atoms with van der Waals surface area (Å²) >= 11 is 0. The van der Waals surface area contributed by atoms with Gasteiger partial charge in [-0.05, 0) is 24.6 Å². The Kier molecular flexibility index (Phi) is 4.26. The lowest BCUT2D eigenvalue weighted by molar-refractivity contribution is -0.140. The van der Waals surface area contributed by atoms with E-state index < -0.39 is 17.6 Å². The van der Waals surface area contributed by atoms with E-state index >= 15 is 0 Å². The van der Waals surface area contributed by atoms with Crippen molar-refractivity contribution in [3.63, 3.8) is 0 Å². The van der Waals surface area contributed by atoms with Gasteiger partial charge in [0.15, 0.2) is 0 Å². The molecule has 0 amide bonds. The highest BCUT2D eigenvalue weighted by molar-refractivity contribution is 5.81. The zero-order valence-corrected chi connectivity index (χ0v) is 11.1. The maximum atomic E-state index is 13.9. The van der Waals surface area contributed by atoms with Crippen LogP contribution in [-0.4, -0.2) is 6.21 Å². The normalized spacial score (nSPS) is 11.9. The Morgan fingerprint density at radius 3 is 2.33 bits per heavy atom. The van der Waals surface area contributed by atoms with Crippen LogP contribution in [0.4, 0.5) is 23.2 Å². The van der Waals surface area contributed by atoms with Crippen LogP contribution in [0.1, 0.15) is 16.7 Å². The van der Waals surface area contributed by atoms with Gasteiger partial charge in [-0.15, -0.1) is 0 Å². The zero-order valence-electron chi connectivity index (χ0n) is 11.1. The van der Waals surface area contributed by atoms with Gasteiger partial charge in [-0.1, -0.05) is 30.3 Å². The largest absolute Gasteiger partial charge is 0.419 e. The Balaban J connectivity index is 2.25. The van der Waals surface area contributed by atoms with Crippen LogP contribution in [0, 0.1) is 12.7 Å². The zero-order chi connectivity index (χ0) is 15.5. The van der Waals surface area contributed by atoms with Crippen LogP contribution < -0.4 is 5.43 Å². The molecule has 6 heteroatoms. The molecular weight excluding hydrogens is 284 g/mol. The van der Waals surface area contributed by atoms with Gasteiger partial charge in [0.25, 0.3) is 0 Å². The van der Waals surface area contributed by atoms with E-state index in [0.717, 1.165) is 6.21 Å². The SMILES string of the molecule is Cc1ccc(C=NNc2ccccc2)c(F)c1C(F)(F)F. The maximum absolute atomic E-state index is 13.9. The standard InChI is InChI=1S/C15H12F4N2/c1-10-7-8-11(14(16)13(10)15(17,18)19)9-20-21-12-5-3-2-4-6-12/h2-9,21H,1H3. The molecule has 0 spiro atoms. The molecule has 0 unspecified atom stereocenters. The molecule has 2 nitrogen and oxygen atoms in total. The third kappa shape index (κ3) is 3.59. The minimum Gasteiger partial charge on any atom is -0.279 e. The van der Waals surface area contributed by atoms with Crippen molar-refractivity contribution < 1.29 is 17.6 Å². The first-order valence-electron chi connectivity index (χ1n) is 6.10. The van der Waals surface area contributed by atoms with Crippen LogP contribution in [0.25, 0.3) is 0 Å². The number of nitrogens with one attached hydrogen (secondary N) is 1. The summed E-state index contributed by atoms with van der Waals surface area (Å²) < 4.78 is 52.2. The van der Waals surface area contributed by atoms with Crippen molar-refractivity contribution in [3.8, 4) is 0 Å². The summed E-state index contributed by atoms with van der Waals surface area (Å²) in [6.45, 7) is 1.22. The van der Waals surface area contributed by atoms with Crippen molar-refractivity contribution in [2.45, 2.75) is 13.1 Å². The van der Waals surface area contributed by atoms with Crippen molar-refractivity contribution in [1.82, 2.24) is 0 Å². The number of nitrogens with zero attached hydrogens (tertiary/aromatic N) is 1. The highest BCUT2D eigenvalue weighted by atomic mass is 19.4. The second-order valence-corrected chi connectivity index (χ2v) is 4.39. The highest BCUT2D eigenvalue weighted by Crippen LogP contribution is 2.34. The smallest absolute Gasteiger partial charge is 0.279 e. The van der Waals surface area contributed by atoms with Gasteiger partial charge in [0.05, 0.1) is 17.5 Å². The van der Waals surface area contributed by atoms with E-state index in [1.54, 1.807) is 24.3 Å². The van der Waals surface area contributed by atoms with Gasteiger partial charge < -0.3 is 0 Å². The quantitative estimate of drug-likeness (QED) is 0.499. The number of halogens is 4. The van der Waals surface area contributed by atoms with E-state index in [-0.39, 0.29) is 11.1 Å². The third-order valence-electron chi connectivity index (χ3n) is 2.83. The number of rotatable bonds is 3. The number of hydrogen-bond acceptors (Lipinski definition) is 2. The molecule has 0 radical (unpaired) electrons. The lowest BCUT2D eigenvalue weighted by Crippen LogP contribution is -2.12. The minimum absolute atomic E-state index is 0.159. The highest BCUT2D eigenvalue weighted by Gasteiger charge is 2.36. The van der Waals surface area contributed by atoms with Gasteiger partial charge >= 0.3 is 6.18 Å². The van der Waals surface area contributed by atoms with Crippen molar-refractivity contribution >= 4 is 11.9 Å². The Morgan fingerprint density at radius 2 is 1.71 bits per heavy atom. The summed E-state index contributed by atoms with van der Waals surface area (Å²) in [5, 5.41) is 3.74. The number of anilines is 1. The molecule has 0 saturated carbocycles. The first kappa shape index (κ1) is 15.0. The van der Waals surface area contributed by atoms with E-state index in [1.807, 2.05) is 6.07 Å². The predicted molar refractivity (Wildman–Crippen MR) is 73.8 cm³/mol. The van der Waals surface area contributed by atoms with Crippen molar-refractivity contribution in [2.75, 3.05) is 5.43 Å². The molecule has 0 aliphatic heterocycles. The first-order valence-corrected chi connectivity index (χ1v) is 6.10. The number of para-hydroxylation sites is 1. The van der Waals surface area contributed by atoms with Crippen molar-refractivity contribution in [2.24, 2.45) is 5.10 Å². The summed E-state index contributed by atoms with van der Waals surface area (Å²) in [5.41, 5.74) is 1.62. The minimum atomic E-state index is -4.73. The average molecular weight is 296 g/mol. The summed E-state index contributed by atoms with van der Waals surface area (Å²) in [6.07, 6.45) is -3.71. The Morgan fingerprint density at radius 1 is 1.05 bits per heavy atom. The monoisotopic (exact) mass is 296 g/mol. The molecule has 21 heavy (non-hydrogen) atoms. The molecule has 2 aromatic carbocycles. The number of aryl methyl sites for hydroxylation is 1. The third-order valence-corrected chi connectivity index (χ3v) is 2.83. The van der Waals surface area contributed by atoms with Crippen LogP contribution in [0.15, 0.2) is 47.6 Å². The van der Waals surface area contributed by atoms with Gasteiger partial charge in [0.2, 0.25) is 0 Å². The molecule has 2 rings (SSSR count). The molecule has 0 atom stereocenters. The van der Waals surface area contributed by atoms with Crippen LogP contribution in [0.2, 0.25) is 0 Å². The van der Waals surface area contributed by atoms with Gasteiger partial charge in [0, 0.05) is 5.56 Å². The Labute approximate surface area is 119 Å². The van der Waals surface area contributed by atoms with Gasteiger partial charge in [-0.3, -0.25) is 5.43 Å². The topological polar surface area (TPSA) is 24.4 Å². The summed E-state index contributed by atoms with van der Waals surface area (Å²) in [4.78, 5) is 0. The predicted octanol–water partition coefficient (Wildman–Crippen LogP) is 4.60. The number of hydrazone groups is 1. The van der Waals surface area contributed by atoms with Gasteiger partial charge in [-0.2, -0.15) is 18.3 Å². The second kappa shape index (κ2) is 5.95. The molecule has 0 bridgehead atoms. The molecule has 2 aromatic rings. The molecule has 0 aromatic heterocycles. The van der Waals surface area contributed by atoms with Crippen LogP contribution in [0.3, 0.4) is 0 Å². The second-order valence-electron chi connectivity index (χ2n) is 4.39. The summed E-state index contributed by atoms with van der Waals surface area (Å²) in [5.74, 6) is -1.32. The van der Waals surface area contributed by atoms with Gasteiger partial charge in [0.1, 0.15) is 5.82 Å². The molecule has 0 fully saturated rings. The number of hydrogen-bond donors (Lipinski definition) is 1. The molecule has 0 saturated heterocycles. The molecule has 1 N–H and O–H groups in total. The maximum Gasteiger partial charge on any atom is 0.419 e. The lowest BCUT2D eigenvalue weighted by Gasteiger charge is -2.12. The molecule has 0 heterocycles. The summed E-state index contributed by atoms with van der Waals surface area (Å²) in [6, 6.07) is 11.3. The fraction of sp³-hybridized carbons (Fsp3) is 0.133. The fourth-order valence-corrected chi connectivity index (χ4v) is 1.83. The molecular formula is C15H12F4N2. The number of alkyl halides is 3. The van der Waals surface area contributed by atoms with Gasteiger partial charge in [-0.25, -0.2) is 4.39 Å². The van der Waals surface area contributed by atoms with E-state index in [9.17, 15) is 17.6 Å². The lowest BCUT2D eigenvalue weighted by atomic mass is 10.0. The van der Waals surface area contributed by atoms with Crippen molar-refractivity contribution in [3.05, 3.63) is 65.0 Å². The van der Waals surface area contributed by atoms with E-state index in [2.05, 4.69) is 10.5 Å². The fourth-order valence-electron chi connectivity index (χ4n) is 1.83.